The predicted molar refractivity (Wildman–Crippen MR) is 86.2 cm³/mol. The van der Waals surface area contributed by atoms with Crippen LogP contribution in [0.25, 0.3) is 5.69 Å². The van der Waals surface area contributed by atoms with Gasteiger partial charge in [-0.2, -0.15) is 0 Å². The maximum absolute atomic E-state index is 10.9. The van der Waals surface area contributed by atoms with Gasteiger partial charge in [0.2, 0.25) is 0 Å². The van der Waals surface area contributed by atoms with E-state index in [1.54, 1.807) is 36.8 Å². The number of nitrogens with zero attached hydrogens (tertiary/aromatic N) is 7. The molecule has 0 radical (unpaired) electrons. The molecule has 23 heavy (non-hydrogen) atoms. The normalized spacial score (nSPS) is 15.0. The quantitative estimate of drug-likeness (QED) is 0.636. The summed E-state index contributed by atoms with van der Waals surface area (Å²) >= 11 is 3.38. The molecule has 0 saturated carbocycles. The van der Waals surface area contributed by atoms with Crippen molar-refractivity contribution in [2.45, 2.75) is 6.04 Å². The number of likely N-dealkylation sites (tertiary alicyclic amines) is 1. The molecule has 9 nitrogen and oxygen atoms in total. The molecular weight excluding hydrogens is 366 g/mol. The number of likely N-dealkylation sites (N-methyl/N-ethyl adjacent to an activating group) is 1. The molecule has 0 aliphatic carbocycles. The van der Waals surface area contributed by atoms with Crippen molar-refractivity contribution in [2.75, 3.05) is 20.1 Å². The van der Waals surface area contributed by atoms with E-state index in [9.17, 15) is 4.79 Å². The summed E-state index contributed by atoms with van der Waals surface area (Å²) < 4.78 is 2.55. The molecule has 0 aromatic carbocycles. The van der Waals surface area contributed by atoms with Gasteiger partial charge in [-0.1, -0.05) is 0 Å². The highest BCUT2D eigenvalue weighted by Crippen LogP contribution is 2.24. The second-order valence-electron chi connectivity index (χ2n) is 5.11. The second-order valence-corrected chi connectivity index (χ2v) is 6.03. The number of pyridine rings is 1. The summed E-state index contributed by atoms with van der Waals surface area (Å²) in [5.74, 6) is 0.531. The van der Waals surface area contributed by atoms with Gasteiger partial charge in [0.05, 0.1) is 18.1 Å². The number of carbonyl (C=O) groups is 1. The van der Waals surface area contributed by atoms with E-state index >= 15 is 0 Å². The molecule has 1 fully saturated rings. The lowest BCUT2D eigenvalue weighted by Gasteiger charge is -2.41. The van der Waals surface area contributed by atoms with Crippen LogP contribution in [0.15, 0.2) is 34.4 Å². The highest BCUT2D eigenvalue weighted by molar-refractivity contribution is 9.10. The molecule has 0 unspecified atom stereocenters. The van der Waals surface area contributed by atoms with Gasteiger partial charge >= 0.3 is 6.09 Å². The van der Waals surface area contributed by atoms with E-state index in [2.05, 4.69) is 36.1 Å². The molecule has 120 valence electrons. The van der Waals surface area contributed by atoms with Crippen LogP contribution in [0.5, 0.6) is 0 Å². The van der Waals surface area contributed by atoms with Crippen molar-refractivity contribution >= 4 is 34.2 Å². The molecule has 2 aromatic rings. The van der Waals surface area contributed by atoms with Crippen LogP contribution in [0.4, 0.5) is 10.6 Å². The Kier molecular flexibility index (Phi) is 4.24. The summed E-state index contributed by atoms with van der Waals surface area (Å²) in [4.78, 5) is 22.8. The Hall–Kier alpha value is -2.49. The maximum atomic E-state index is 10.9. The van der Waals surface area contributed by atoms with E-state index in [-0.39, 0.29) is 6.04 Å². The fourth-order valence-electron chi connectivity index (χ4n) is 2.16. The minimum absolute atomic E-state index is 0.00542. The molecule has 1 aliphatic rings. The van der Waals surface area contributed by atoms with E-state index in [1.165, 1.54) is 4.90 Å². The molecule has 2 aromatic heterocycles. The topological polar surface area (TPSA) is 99.7 Å². The summed E-state index contributed by atoms with van der Waals surface area (Å²) in [6, 6.07) is 1.87. The zero-order chi connectivity index (χ0) is 16.4. The number of aliphatic imine (C=N–C) groups is 1. The molecule has 0 bridgehead atoms. The standard InChI is InChI=1S/C13H14BrN7O2/c1-19(13(22)23)10-4-20(5-10)6-16-12-11(2-9(14)3-15-12)21-7-17-18-8-21/h2-3,6-8,10H,4-5H2,1H3,(H,22,23). The van der Waals surface area contributed by atoms with Gasteiger partial charge in [-0.3, -0.25) is 4.57 Å². The van der Waals surface area contributed by atoms with E-state index in [0.717, 1.165) is 10.2 Å². The highest BCUT2D eigenvalue weighted by Gasteiger charge is 2.30. The van der Waals surface area contributed by atoms with Crippen molar-refractivity contribution < 1.29 is 9.90 Å². The second kappa shape index (κ2) is 6.32. The first-order valence-corrected chi connectivity index (χ1v) is 7.58. The van der Waals surface area contributed by atoms with E-state index in [0.29, 0.717) is 18.9 Å². The van der Waals surface area contributed by atoms with E-state index in [1.807, 2.05) is 11.0 Å². The van der Waals surface area contributed by atoms with Gasteiger partial charge in [0.1, 0.15) is 12.7 Å². The average molecular weight is 380 g/mol. The molecule has 1 amide bonds. The summed E-state index contributed by atoms with van der Waals surface area (Å²) in [7, 11) is 1.57. The van der Waals surface area contributed by atoms with Gasteiger partial charge in [0.25, 0.3) is 0 Å². The van der Waals surface area contributed by atoms with E-state index in [4.69, 9.17) is 5.11 Å². The van der Waals surface area contributed by atoms with Crippen LogP contribution in [0.2, 0.25) is 0 Å². The number of hydrogen-bond acceptors (Lipinski definition) is 5. The Morgan fingerprint density at radius 2 is 2.17 bits per heavy atom. The number of amides is 1. The lowest BCUT2D eigenvalue weighted by Crippen LogP contribution is -2.58. The predicted octanol–water partition coefficient (Wildman–Crippen LogP) is 1.38. The fourth-order valence-corrected chi connectivity index (χ4v) is 2.47. The lowest BCUT2D eigenvalue weighted by molar-refractivity contribution is 0.0892. The van der Waals surface area contributed by atoms with Crippen LogP contribution in [0.3, 0.4) is 0 Å². The summed E-state index contributed by atoms with van der Waals surface area (Å²) in [5.41, 5.74) is 0.750. The van der Waals surface area contributed by atoms with Gasteiger partial charge < -0.3 is 14.9 Å². The lowest BCUT2D eigenvalue weighted by atomic mass is 10.1. The van der Waals surface area contributed by atoms with Gasteiger partial charge in [0, 0.05) is 30.8 Å². The molecule has 10 heteroatoms. The minimum Gasteiger partial charge on any atom is -0.465 e. The van der Waals surface area contributed by atoms with Gasteiger partial charge in [-0.25, -0.2) is 14.8 Å². The minimum atomic E-state index is -0.920. The Morgan fingerprint density at radius 1 is 1.48 bits per heavy atom. The van der Waals surface area contributed by atoms with Crippen molar-refractivity contribution in [3.05, 3.63) is 29.4 Å². The van der Waals surface area contributed by atoms with Crippen molar-refractivity contribution in [2.24, 2.45) is 4.99 Å². The van der Waals surface area contributed by atoms with Crippen LogP contribution in [-0.4, -0.2) is 73.3 Å². The molecule has 0 atom stereocenters. The molecule has 1 saturated heterocycles. The molecule has 3 heterocycles. The van der Waals surface area contributed by atoms with Crippen LogP contribution in [0.1, 0.15) is 0 Å². The van der Waals surface area contributed by atoms with Crippen LogP contribution in [0, 0.1) is 0 Å². The molecular formula is C13H14BrN7O2. The third kappa shape index (κ3) is 3.31. The first-order valence-electron chi connectivity index (χ1n) is 6.79. The Labute approximate surface area is 140 Å². The Morgan fingerprint density at radius 3 is 2.83 bits per heavy atom. The summed E-state index contributed by atoms with van der Waals surface area (Å²) in [6.45, 7) is 1.23. The zero-order valence-electron chi connectivity index (χ0n) is 12.2. The smallest absolute Gasteiger partial charge is 0.407 e. The summed E-state index contributed by atoms with van der Waals surface area (Å²) in [5, 5.41) is 16.5. The SMILES string of the molecule is CN(C(=O)O)C1CN(C=Nc2ncc(Br)cc2-n2cnnc2)C1. The van der Waals surface area contributed by atoms with Crippen molar-refractivity contribution in [3.63, 3.8) is 0 Å². The molecule has 0 spiro atoms. The van der Waals surface area contributed by atoms with Gasteiger partial charge in [-0.15, -0.1) is 10.2 Å². The number of aromatic nitrogens is 4. The molecule has 1 N–H and O–H groups in total. The van der Waals surface area contributed by atoms with Crippen LogP contribution < -0.4 is 0 Å². The van der Waals surface area contributed by atoms with Crippen molar-refractivity contribution in [3.8, 4) is 5.69 Å². The van der Waals surface area contributed by atoms with Crippen molar-refractivity contribution in [1.29, 1.82) is 0 Å². The highest BCUT2D eigenvalue weighted by atomic mass is 79.9. The fraction of sp³-hybridized carbons (Fsp3) is 0.308. The molecule has 1 aliphatic heterocycles. The summed E-state index contributed by atoms with van der Waals surface area (Å²) in [6.07, 6.45) is 5.57. The van der Waals surface area contributed by atoms with Crippen LogP contribution in [-0.2, 0) is 0 Å². The zero-order valence-corrected chi connectivity index (χ0v) is 13.8. The Balaban J connectivity index is 1.71. The Bertz CT molecular complexity index is 728. The maximum Gasteiger partial charge on any atom is 0.407 e. The first kappa shape index (κ1) is 15.4. The number of hydrogen-bond donors (Lipinski definition) is 1. The average Bonchev–Trinajstić information content (AvgIpc) is 3.00. The third-order valence-corrected chi connectivity index (χ3v) is 4.03. The number of halogens is 1. The number of rotatable bonds is 4. The molecule has 3 rings (SSSR count). The third-order valence-electron chi connectivity index (χ3n) is 3.59. The van der Waals surface area contributed by atoms with E-state index < -0.39 is 6.09 Å². The van der Waals surface area contributed by atoms with Crippen molar-refractivity contribution in [1.82, 2.24) is 29.5 Å². The van der Waals surface area contributed by atoms with Crippen LogP contribution >= 0.6 is 15.9 Å². The monoisotopic (exact) mass is 379 g/mol. The van der Waals surface area contributed by atoms with Gasteiger partial charge in [-0.05, 0) is 22.0 Å². The first-order chi connectivity index (χ1) is 11.0. The van der Waals surface area contributed by atoms with Gasteiger partial charge in [0.15, 0.2) is 5.82 Å². The largest absolute Gasteiger partial charge is 0.465 e. The number of carboxylic acid groups (broad SMARTS) is 1.